The molecule has 3 aliphatic carbocycles. The van der Waals surface area contributed by atoms with E-state index in [1.54, 1.807) is 0 Å². The number of allylic oxidation sites excluding steroid dienone is 2. The number of carbonyl (C=O) groups is 3. The van der Waals surface area contributed by atoms with Crippen LogP contribution in [-0.2, 0) is 82.1 Å². The van der Waals surface area contributed by atoms with E-state index in [1.165, 1.54) is 5.57 Å². The minimum Gasteiger partial charge on any atom is -0.461 e. The van der Waals surface area contributed by atoms with Crippen LogP contribution in [0.5, 0.6) is 0 Å². The van der Waals surface area contributed by atoms with Gasteiger partial charge in [0.25, 0.3) is 0 Å². The molecule has 3 aromatic rings. The van der Waals surface area contributed by atoms with Gasteiger partial charge in [-0.1, -0.05) is 34.3 Å². The molecular formula is C62H102N6O13. The Hall–Kier alpha value is -4.50. The number of nitrogens with zero attached hydrogens (tertiary/aromatic N) is 6. The minimum atomic E-state index is -0.341. The summed E-state index contributed by atoms with van der Waals surface area (Å²) in [6.07, 6.45) is 17.3. The molecule has 9 rings (SSSR count). The van der Waals surface area contributed by atoms with Gasteiger partial charge in [0.2, 0.25) is 0 Å². The summed E-state index contributed by atoms with van der Waals surface area (Å²) in [6.45, 7) is 29.8. The number of hydrogen-bond donors (Lipinski definition) is 1. The first-order valence-corrected chi connectivity index (χ1v) is 30.3. The van der Waals surface area contributed by atoms with Crippen LogP contribution in [-0.4, -0.2) is 139 Å². The number of aliphatic hydroxyl groups excluding tert-OH is 1. The molecule has 0 aromatic carbocycles. The van der Waals surface area contributed by atoms with Crippen LogP contribution in [0.3, 0.4) is 0 Å². The molecule has 19 heteroatoms. The molecule has 3 aromatic heterocycles. The highest BCUT2D eigenvalue weighted by Crippen LogP contribution is 2.49. The lowest BCUT2D eigenvalue weighted by Crippen LogP contribution is -2.32. The molecule has 1 unspecified atom stereocenters. The molecule has 6 heterocycles. The zero-order valence-corrected chi connectivity index (χ0v) is 50.4. The predicted octanol–water partition coefficient (Wildman–Crippen LogP) is 11.2. The smallest absolute Gasteiger partial charge is 0.359 e. The van der Waals surface area contributed by atoms with Crippen molar-refractivity contribution >= 4 is 23.5 Å². The average molecular weight is 1140 g/mol. The normalized spacial score (nSPS) is 23.9. The van der Waals surface area contributed by atoms with Gasteiger partial charge in [-0.3, -0.25) is 14.0 Å². The number of ether oxygens (including phenoxy) is 9. The van der Waals surface area contributed by atoms with Gasteiger partial charge in [-0.15, -0.1) is 0 Å². The zero-order valence-electron chi connectivity index (χ0n) is 50.4. The van der Waals surface area contributed by atoms with Crippen LogP contribution >= 0.6 is 0 Å². The molecule has 1 N–H and O–H groups in total. The molecule has 81 heavy (non-hydrogen) atoms. The van der Waals surface area contributed by atoms with E-state index >= 15 is 0 Å². The van der Waals surface area contributed by atoms with Gasteiger partial charge in [-0.2, -0.15) is 15.3 Å². The van der Waals surface area contributed by atoms with E-state index < -0.39 is 0 Å². The van der Waals surface area contributed by atoms with E-state index in [0.29, 0.717) is 108 Å². The van der Waals surface area contributed by atoms with E-state index in [1.807, 2.05) is 41.7 Å². The molecule has 0 saturated heterocycles. The summed E-state index contributed by atoms with van der Waals surface area (Å²) in [5, 5.41) is 20.7. The Balaban J connectivity index is 0.000000218. The number of hydrogen-bond acceptors (Lipinski definition) is 16. The van der Waals surface area contributed by atoms with E-state index in [-0.39, 0.29) is 41.6 Å². The molecule has 19 nitrogen and oxygen atoms in total. The van der Waals surface area contributed by atoms with Crippen molar-refractivity contribution in [3.8, 4) is 0 Å². The molecule has 0 radical (unpaired) electrons. The number of aliphatic hydroxyl groups is 1. The maximum absolute atomic E-state index is 12.5. The van der Waals surface area contributed by atoms with Crippen LogP contribution < -0.4 is 0 Å². The van der Waals surface area contributed by atoms with Crippen molar-refractivity contribution in [3.63, 3.8) is 0 Å². The highest BCUT2D eigenvalue weighted by Gasteiger charge is 2.41. The van der Waals surface area contributed by atoms with Crippen molar-refractivity contribution in [1.82, 2.24) is 29.3 Å². The Morgan fingerprint density at radius 2 is 0.877 bits per heavy atom. The molecule has 2 saturated carbocycles. The lowest BCUT2D eigenvalue weighted by Gasteiger charge is -2.39. The van der Waals surface area contributed by atoms with Crippen molar-refractivity contribution < 1.29 is 62.1 Å². The number of rotatable bonds is 21. The van der Waals surface area contributed by atoms with E-state index in [2.05, 4.69) is 56.0 Å². The Morgan fingerprint density at radius 3 is 1.23 bits per heavy atom. The molecule has 1 atom stereocenters. The third kappa shape index (κ3) is 16.4. The van der Waals surface area contributed by atoms with Crippen molar-refractivity contribution in [2.75, 3.05) is 86.4 Å². The van der Waals surface area contributed by atoms with Crippen molar-refractivity contribution in [2.24, 2.45) is 16.2 Å². The topological polar surface area (TPSA) is 208 Å². The van der Waals surface area contributed by atoms with Crippen molar-refractivity contribution in [3.05, 3.63) is 56.9 Å². The molecule has 2 fully saturated rings. The fraction of sp³-hybridized carbons (Fsp3) is 0.774. The van der Waals surface area contributed by atoms with Gasteiger partial charge in [0.1, 0.15) is 0 Å². The third-order valence-corrected chi connectivity index (χ3v) is 17.7. The van der Waals surface area contributed by atoms with Gasteiger partial charge in [0.05, 0.1) is 116 Å². The van der Waals surface area contributed by atoms with Crippen LogP contribution in [0.25, 0.3) is 5.57 Å². The van der Waals surface area contributed by atoms with Gasteiger partial charge >= 0.3 is 17.9 Å². The Kier molecular flexibility index (Phi) is 27.5. The van der Waals surface area contributed by atoms with Crippen LogP contribution in [0.4, 0.5) is 0 Å². The molecule has 0 bridgehead atoms. The summed E-state index contributed by atoms with van der Waals surface area (Å²) in [6, 6.07) is 0. The maximum Gasteiger partial charge on any atom is 0.359 e. The number of carbonyl (C=O) groups excluding carboxylic acids is 3. The minimum absolute atomic E-state index is 0. The first-order chi connectivity index (χ1) is 38.9. The first-order valence-electron chi connectivity index (χ1n) is 30.3. The van der Waals surface area contributed by atoms with E-state index in [9.17, 15) is 14.4 Å². The number of aromatic nitrogens is 6. The van der Waals surface area contributed by atoms with E-state index in [4.69, 9.17) is 47.7 Å². The van der Waals surface area contributed by atoms with Gasteiger partial charge in [-0.25, -0.2) is 14.4 Å². The largest absolute Gasteiger partial charge is 0.461 e. The molecular weight excluding hydrogens is 1040 g/mol. The standard InChI is InChI=1S/2C20H32N2O4.C20H30N2O4.CH4O.CH4/c3*1-4-20(14-24-5-2)9-7-15(8-10-20)17-16-13-25-12-11-22(16)21-18(17)19(23)26-6-3;1-2;/h2*15H,4-14H2,1-3H3;7H,4-6,8-14H2,1-3H3;2H,1H3;1H4. The Bertz CT molecular complexity index is 2340. The summed E-state index contributed by atoms with van der Waals surface area (Å²) in [7, 11) is 1.00. The summed E-state index contributed by atoms with van der Waals surface area (Å²) in [5.41, 5.74) is 9.62. The highest BCUT2D eigenvalue weighted by atomic mass is 16.5. The molecule has 0 amide bonds. The van der Waals surface area contributed by atoms with Crippen LogP contribution in [0, 0.1) is 16.2 Å². The second-order valence-corrected chi connectivity index (χ2v) is 22.0. The van der Waals surface area contributed by atoms with Crippen molar-refractivity contribution in [1.29, 1.82) is 0 Å². The quantitative estimate of drug-likeness (QED) is 0.0777. The molecule has 458 valence electrons. The molecule has 0 spiro atoms. The molecule has 3 aliphatic heterocycles. The summed E-state index contributed by atoms with van der Waals surface area (Å²) in [5.74, 6) is -0.244. The maximum atomic E-state index is 12.5. The van der Waals surface area contributed by atoms with Gasteiger partial charge < -0.3 is 47.7 Å². The second-order valence-electron chi connectivity index (χ2n) is 22.0. The molecule has 6 aliphatic rings. The van der Waals surface area contributed by atoms with Crippen LogP contribution in [0.15, 0.2) is 6.08 Å². The van der Waals surface area contributed by atoms with Gasteiger partial charge in [-0.05, 0) is 165 Å². The zero-order chi connectivity index (χ0) is 57.7. The average Bonchev–Trinajstić information content (AvgIpc) is 4.38. The summed E-state index contributed by atoms with van der Waals surface area (Å²) >= 11 is 0. The number of fused-ring (bicyclic) bond motifs is 3. The second kappa shape index (κ2) is 33.1. The first kappa shape index (κ1) is 67.3. The Labute approximate surface area is 483 Å². The lowest BCUT2D eigenvalue weighted by molar-refractivity contribution is 0.0188. The van der Waals surface area contributed by atoms with Gasteiger partial charge in [0, 0.05) is 43.6 Å². The fourth-order valence-corrected chi connectivity index (χ4v) is 12.6. The lowest BCUT2D eigenvalue weighted by atomic mass is 9.67. The van der Waals surface area contributed by atoms with Crippen molar-refractivity contribution in [2.45, 2.75) is 211 Å². The fourth-order valence-electron chi connectivity index (χ4n) is 12.6. The van der Waals surface area contributed by atoms with Crippen LogP contribution in [0.2, 0.25) is 0 Å². The van der Waals surface area contributed by atoms with Crippen LogP contribution in [0.1, 0.15) is 237 Å². The Morgan fingerprint density at radius 1 is 0.519 bits per heavy atom. The number of esters is 3. The highest BCUT2D eigenvalue weighted by molar-refractivity contribution is 5.94. The predicted molar refractivity (Wildman–Crippen MR) is 310 cm³/mol. The monoisotopic (exact) mass is 1140 g/mol. The summed E-state index contributed by atoms with van der Waals surface area (Å²) < 4.78 is 55.8. The SMILES string of the molecule is C.CCOCC1(CC)CC=C(c2c(C(=O)OCC)nn3c2COCC3)CC1.CCOCC1(CC)CCC(c2c(C(=O)OCC)nn3c2COCC3)CC1.CCOCC1(CC)CCC(c2c(C(=O)OCC)nn3c2COCC3)CC1.CO. The third-order valence-electron chi connectivity index (χ3n) is 17.7. The van der Waals surface area contributed by atoms with Gasteiger partial charge in [0.15, 0.2) is 17.1 Å². The van der Waals surface area contributed by atoms with E-state index in [0.717, 1.165) is 170 Å². The summed E-state index contributed by atoms with van der Waals surface area (Å²) in [4.78, 5) is 37.4.